The number of ether oxygens (including phenoxy) is 1. The summed E-state index contributed by atoms with van der Waals surface area (Å²) in [5.41, 5.74) is 2.94. The maximum atomic E-state index is 11.1. The van der Waals surface area contributed by atoms with Gasteiger partial charge < -0.3 is 14.7 Å². The van der Waals surface area contributed by atoms with Crippen LogP contribution in [-0.2, 0) is 16.6 Å². The monoisotopic (exact) mass is 277 g/mol. The Balaban J connectivity index is 2.52. The number of methoxy groups -OCH3 is 1. The Hall–Kier alpha value is -1.71. The van der Waals surface area contributed by atoms with Gasteiger partial charge in [-0.2, -0.15) is 0 Å². The SMILES string of the molecule is COc1c(C(C)(C)CC(=O)O)ccc2c1CCCN2C. The highest BCUT2D eigenvalue weighted by Gasteiger charge is 2.30. The minimum absolute atomic E-state index is 0.0952. The summed E-state index contributed by atoms with van der Waals surface area (Å²) in [6.07, 6.45) is 2.18. The molecular weight excluding hydrogens is 254 g/mol. The van der Waals surface area contributed by atoms with Crippen LogP contribution in [0.25, 0.3) is 0 Å². The average Bonchev–Trinajstić information content (AvgIpc) is 2.36. The summed E-state index contributed by atoms with van der Waals surface area (Å²) in [6.45, 7) is 4.96. The van der Waals surface area contributed by atoms with Crippen LogP contribution in [0.3, 0.4) is 0 Å². The molecule has 0 spiro atoms. The third kappa shape index (κ3) is 2.60. The van der Waals surface area contributed by atoms with Crippen molar-refractivity contribution in [3.8, 4) is 5.75 Å². The van der Waals surface area contributed by atoms with Gasteiger partial charge in [-0.3, -0.25) is 4.79 Å². The molecule has 0 fully saturated rings. The van der Waals surface area contributed by atoms with Crippen molar-refractivity contribution >= 4 is 11.7 Å². The van der Waals surface area contributed by atoms with E-state index >= 15 is 0 Å². The fourth-order valence-electron chi connectivity index (χ4n) is 3.07. The molecule has 0 amide bonds. The van der Waals surface area contributed by atoms with Crippen LogP contribution in [0.5, 0.6) is 5.75 Å². The van der Waals surface area contributed by atoms with Crippen LogP contribution in [0.1, 0.15) is 37.8 Å². The molecule has 2 rings (SSSR count). The summed E-state index contributed by atoms with van der Waals surface area (Å²) in [4.78, 5) is 13.3. The largest absolute Gasteiger partial charge is 0.496 e. The van der Waals surface area contributed by atoms with Crippen LogP contribution >= 0.6 is 0 Å². The van der Waals surface area contributed by atoms with Crippen molar-refractivity contribution < 1.29 is 14.6 Å². The minimum atomic E-state index is -0.785. The Labute approximate surface area is 120 Å². The van der Waals surface area contributed by atoms with Crippen molar-refractivity contribution in [1.82, 2.24) is 0 Å². The number of nitrogens with zero attached hydrogens (tertiary/aromatic N) is 1. The van der Waals surface area contributed by atoms with E-state index < -0.39 is 11.4 Å². The van der Waals surface area contributed by atoms with E-state index in [-0.39, 0.29) is 6.42 Å². The van der Waals surface area contributed by atoms with E-state index in [1.165, 1.54) is 11.3 Å². The Morgan fingerprint density at radius 1 is 1.45 bits per heavy atom. The molecule has 1 aromatic rings. The van der Waals surface area contributed by atoms with Crippen molar-refractivity contribution in [1.29, 1.82) is 0 Å². The lowest BCUT2D eigenvalue weighted by molar-refractivity contribution is -0.138. The van der Waals surface area contributed by atoms with Crippen molar-refractivity contribution in [2.24, 2.45) is 0 Å². The number of aliphatic carboxylic acids is 1. The van der Waals surface area contributed by atoms with E-state index in [1.54, 1.807) is 7.11 Å². The van der Waals surface area contributed by atoms with Crippen molar-refractivity contribution in [2.45, 2.75) is 38.5 Å². The lowest BCUT2D eigenvalue weighted by atomic mass is 9.79. The Morgan fingerprint density at radius 2 is 2.15 bits per heavy atom. The zero-order chi connectivity index (χ0) is 14.9. The van der Waals surface area contributed by atoms with E-state index in [1.807, 2.05) is 19.9 Å². The predicted molar refractivity (Wildman–Crippen MR) is 79.9 cm³/mol. The quantitative estimate of drug-likeness (QED) is 0.919. The normalized spacial score (nSPS) is 14.9. The first kappa shape index (κ1) is 14.7. The molecule has 1 aromatic carbocycles. The Bertz CT molecular complexity index is 523. The van der Waals surface area contributed by atoms with E-state index in [0.29, 0.717) is 0 Å². The Morgan fingerprint density at radius 3 is 2.75 bits per heavy atom. The van der Waals surface area contributed by atoms with Crippen molar-refractivity contribution in [3.05, 3.63) is 23.3 Å². The zero-order valence-electron chi connectivity index (χ0n) is 12.7. The molecular formula is C16H23NO3. The first-order valence-corrected chi connectivity index (χ1v) is 7.00. The number of anilines is 1. The number of carboxylic acid groups (broad SMARTS) is 1. The molecule has 0 saturated heterocycles. The second-order valence-electron chi connectivity index (χ2n) is 6.12. The lowest BCUT2D eigenvalue weighted by Gasteiger charge is -2.33. The van der Waals surface area contributed by atoms with Crippen molar-refractivity contribution in [3.63, 3.8) is 0 Å². The highest BCUT2D eigenvalue weighted by atomic mass is 16.5. The number of hydrogen-bond donors (Lipinski definition) is 1. The number of hydrogen-bond acceptors (Lipinski definition) is 3. The van der Waals surface area contributed by atoms with E-state index in [0.717, 1.165) is 30.7 Å². The van der Waals surface area contributed by atoms with Crippen molar-refractivity contribution in [2.75, 3.05) is 25.6 Å². The molecule has 0 unspecified atom stereocenters. The molecule has 0 aliphatic carbocycles. The van der Waals surface area contributed by atoms with Crippen LogP contribution in [0.2, 0.25) is 0 Å². The van der Waals surface area contributed by atoms with E-state index in [4.69, 9.17) is 9.84 Å². The molecule has 110 valence electrons. The molecule has 0 radical (unpaired) electrons. The van der Waals surface area contributed by atoms with Gasteiger partial charge in [0.15, 0.2) is 0 Å². The Kier molecular flexibility index (Phi) is 3.93. The second-order valence-corrected chi connectivity index (χ2v) is 6.12. The van der Waals surface area contributed by atoms with Gasteiger partial charge in [-0.25, -0.2) is 0 Å². The van der Waals surface area contributed by atoms with Crippen LogP contribution in [0, 0.1) is 0 Å². The van der Waals surface area contributed by atoms with Crippen LogP contribution in [-0.4, -0.2) is 31.8 Å². The summed E-state index contributed by atoms with van der Waals surface area (Å²) in [5, 5.41) is 9.11. The topological polar surface area (TPSA) is 49.8 Å². The van der Waals surface area contributed by atoms with Gasteiger partial charge in [0.1, 0.15) is 5.75 Å². The number of carboxylic acids is 1. The molecule has 4 heteroatoms. The molecule has 20 heavy (non-hydrogen) atoms. The van der Waals surface area contributed by atoms with Crippen LogP contribution < -0.4 is 9.64 Å². The molecule has 0 aromatic heterocycles. The smallest absolute Gasteiger partial charge is 0.304 e. The predicted octanol–water partition coefficient (Wildman–Crippen LogP) is 2.83. The molecule has 1 heterocycles. The highest BCUT2D eigenvalue weighted by molar-refractivity contribution is 5.71. The van der Waals surface area contributed by atoms with Gasteiger partial charge in [-0.05, 0) is 18.9 Å². The number of carbonyl (C=O) groups is 1. The van der Waals surface area contributed by atoms with Gasteiger partial charge in [0, 0.05) is 35.8 Å². The van der Waals surface area contributed by atoms with Crippen LogP contribution in [0.15, 0.2) is 12.1 Å². The maximum absolute atomic E-state index is 11.1. The first-order valence-electron chi connectivity index (χ1n) is 7.00. The lowest BCUT2D eigenvalue weighted by Crippen LogP contribution is -2.27. The standard InChI is InChI=1S/C16H23NO3/c1-16(2,10-14(18)19)12-7-8-13-11(15(12)20-4)6-5-9-17(13)3/h7-8H,5-6,9-10H2,1-4H3,(H,18,19). The molecule has 1 aliphatic heterocycles. The van der Waals surface area contributed by atoms with Gasteiger partial charge in [0.25, 0.3) is 0 Å². The summed E-state index contributed by atoms with van der Waals surface area (Å²) in [5.74, 6) is 0.0761. The molecule has 0 saturated carbocycles. The summed E-state index contributed by atoms with van der Waals surface area (Å²) in [7, 11) is 3.75. The fourth-order valence-corrected chi connectivity index (χ4v) is 3.07. The van der Waals surface area contributed by atoms with E-state index in [9.17, 15) is 4.79 Å². The van der Waals surface area contributed by atoms with Gasteiger partial charge in [0.05, 0.1) is 13.5 Å². The maximum Gasteiger partial charge on any atom is 0.304 e. The molecule has 0 atom stereocenters. The summed E-state index contributed by atoms with van der Waals surface area (Å²) in [6, 6.07) is 4.11. The number of rotatable bonds is 4. The number of benzene rings is 1. The number of fused-ring (bicyclic) bond motifs is 1. The van der Waals surface area contributed by atoms with Crippen LogP contribution in [0.4, 0.5) is 5.69 Å². The molecule has 0 bridgehead atoms. The van der Waals surface area contributed by atoms with Gasteiger partial charge in [-0.1, -0.05) is 19.9 Å². The van der Waals surface area contributed by atoms with Gasteiger partial charge >= 0.3 is 5.97 Å². The molecule has 1 N–H and O–H groups in total. The summed E-state index contributed by atoms with van der Waals surface area (Å²) < 4.78 is 5.64. The molecule has 1 aliphatic rings. The minimum Gasteiger partial charge on any atom is -0.496 e. The second kappa shape index (κ2) is 5.35. The highest BCUT2D eigenvalue weighted by Crippen LogP contribution is 2.42. The third-order valence-corrected chi connectivity index (χ3v) is 4.09. The van der Waals surface area contributed by atoms with Gasteiger partial charge in [0.2, 0.25) is 0 Å². The summed E-state index contributed by atoms with van der Waals surface area (Å²) >= 11 is 0. The third-order valence-electron chi connectivity index (χ3n) is 4.09. The first-order chi connectivity index (χ1) is 9.36. The zero-order valence-corrected chi connectivity index (χ0v) is 12.7. The molecule has 4 nitrogen and oxygen atoms in total. The van der Waals surface area contributed by atoms with E-state index in [2.05, 4.69) is 18.0 Å². The fraction of sp³-hybridized carbons (Fsp3) is 0.562. The average molecular weight is 277 g/mol. The van der Waals surface area contributed by atoms with Gasteiger partial charge in [-0.15, -0.1) is 0 Å².